The van der Waals surface area contributed by atoms with Crippen LogP contribution < -0.4 is 5.73 Å². The van der Waals surface area contributed by atoms with Gasteiger partial charge in [-0.3, -0.25) is 4.90 Å². The lowest BCUT2D eigenvalue weighted by Crippen LogP contribution is -2.33. The molecule has 0 saturated carbocycles. The molecule has 3 nitrogen and oxygen atoms in total. The zero-order chi connectivity index (χ0) is 11.8. The Bertz CT molecular complexity index is 461. The first kappa shape index (κ1) is 11.2. The van der Waals surface area contributed by atoms with Gasteiger partial charge in [0.25, 0.3) is 0 Å². The third-order valence-corrected chi connectivity index (χ3v) is 4.70. The van der Waals surface area contributed by atoms with Crippen LogP contribution in [0.4, 0.5) is 5.13 Å². The first-order chi connectivity index (χ1) is 8.28. The summed E-state index contributed by atoms with van der Waals surface area (Å²) in [7, 11) is 0. The second-order valence-corrected chi connectivity index (χ2v) is 5.97. The van der Waals surface area contributed by atoms with E-state index in [9.17, 15) is 0 Å². The third-order valence-electron chi connectivity index (χ3n) is 3.71. The monoisotopic (exact) mass is 249 g/mol. The fraction of sp³-hybridized carbons (Fsp3) is 0.615. The standard InChI is InChI=1S/C13H19N3S/c1-2-6-16-7-5-10-9(8-16)3-4-11-12(10)17-13(14)15-11/h2-8H2,1H3,(H2,14,15). The Morgan fingerprint density at radius 1 is 1.35 bits per heavy atom. The molecule has 2 aliphatic rings. The van der Waals surface area contributed by atoms with Gasteiger partial charge in [-0.1, -0.05) is 23.8 Å². The number of thiazole rings is 1. The number of anilines is 1. The summed E-state index contributed by atoms with van der Waals surface area (Å²) < 4.78 is 0. The molecule has 0 bridgehead atoms. The van der Waals surface area contributed by atoms with Gasteiger partial charge in [0.2, 0.25) is 0 Å². The van der Waals surface area contributed by atoms with E-state index in [0.717, 1.165) is 11.6 Å². The van der Waals surface area contributed by atoms with Crippen molar-refractivity contribution in [1.29, 1.82) is 0 Å². The van der Waals surface area contributed by atoms with Crippen molar-refractivity contribution in [2.24, 2.45) is 0 Å². The van der Waals surface area contributed by atoms with Crippen molar-refractivity contribution < 1.29 is 0 Å². The van der Waals surface area contributed by atoms with Gasteiger partial charge in [-0.15, -0.1) is 0 Å². The molecule has 1 aromatic heterocycles. The molecule has 0 fully saturated rings. The van der Waals surface area contributed by atoms with Gasteiger partial charge in [0.15, 0.2) is 5.13 Å². The van der Waals surface area contributed by atoms with Crippen LogP contribution in [0.5, 0.6) is 0 Å². The third kappa shape index (κ3) is 2.00. The van der Waals surface area contributed by atoms with E-state index < -0.39 is 0 Å². The molecule has 0 spiro atoms. The number of nitrogens with two attached hydrogens (primary N) is 1. The Kier molecular flexibility index (Phi) is 2.92. The fourth-order valence-electron chi connectivity index (χ4n) is 2.95. The van der Waals surface area contributed by atoms with E-state index in [0.29, 0.717) is 0 Å². The van der Waals surface area contributed by atoms with Gasteiger partial charge in [-0.05, 0) is 37.8 Å². The van der Waals surface area contributed by atoms with Crippen LogP contribution in [0.3, 0.4) is 0 Å². The maximum Gasteiger partial charge on any atom is 0.180 e. The predicted octanol–water partition coefficient (Wildman–Crippen LogP) is 2.54. The normalized spacial score (nSPS) is 20.3. The summed E-state index contributed by atoms with van der Waals surface area (Å²) >= 11 is 1.68. The van der Waals surface area contributed by atoms with E-state index in [1.54, 1.807) is 22.5 Å². The van der Waals surface area contributed by atoms with Gasteiger partial charge >= 0.3 is 0 Å². The van der Waals surface area contributed by atoms with Crippen LogP contribution in [0.2, 0.25) is 0 Å². The topological polar surface area (TPSA) is 42.2 Å². The summed E-state index contributed by atoms with van der Waals surface area (Å²) in [6.07, 6.45) is 4.71. The highest BCUT2D eigenvalue weighted by Crippen LogP contribution is 2.40. The highest BCUT2D eigenvalue weighted by molar-refractivity contribution is 7.16. The minimum atomic E-state index is 0.736. The first-order valence-corrected chi connectivity index (χ1v) is 7.28. The molecule has 92 valence electrons. The molecule has 3 rings (SSSR count). The Hall–Kier alpha value is -0.870. The Balaban J connectivity index is 1.89. The number of aryl methyl sites for hydroxylation is 1. The molecule has 0 saturated heterocycles. The Labute approximate surface area is 106 Å². The zero-order valence-corrected chi connectivity index (χ0v) is 11.1. The number of hydrogen-bond donors (Lipinski definition) is 1. The highest BCUT2D eigenvalue weighted by Gasteiger charge is 2.26. The van der Waals surface area contributed by atoms with Gasteiger partial charge in [0, 0.05) is 13.1 Å². The highest BCUT2D eigenvalue weighted by atomic mass is 32.1. The molecule has 0 amide bonds. The van der Waals surface area contributed by atoms with Gasteiger partial charge in [-0.25, -0.2) is 4.98 Å². The van der Waals surface area contributed by atoms with E-state index in [1.165, 1.54) is 49.5 Å². The van der Waals surface area contributed by atoms with Crippen LogP contribution in [0, 0.1) is 0 Å². The molecule has 17 heavy (non-hydrogen) atoms. The SMILES string of the molecule is CCCN1CCC2=C(CCc3nc(N)sc32)C1. The van der Waals surface area contributed by atoms with Crippen LogP contribution in [-0.2, 0) is 6.42 Å². The molecule has 1 aromatic rings. The zero-order valence-electron chi connectivity index (χ0n) is 10.3. The summed E-state index contributed by atoms with van der Waals surface area (Å²) in [5.41, 5.74) is 10.3. The number of rotatable bonds is 2. The lowest BCUT2D eigenvalue weighted by molar-refractivity contribution is 0.290. The van der Waals surface area contributed by atoms with E-state index in [1.807, 2.05) is 0 Å². The second-order valence-electron chi connectivity index (χ2n) is 4.94. The molecular formula is C13H19N3S. The molecular weight excluding hydrogens is 230 g/mol. The Morgan fingerprint density at radius 3 is 3.06 bits per heavy atom. The van der Waals surface area contributed by atoms with Crippen molar-refractivity contribution in [3.63, 3.8) is 0 Å². The van der Waals surface area contributed by atoms with E-state index >= 15 is 0 Å². The van der Waals surface area contributed by atoms with E-state index in [4.69, 9.17) is 5.73 Å². The number of nitrogen functional groups attached to an aromatic ring is 1. The molecule has 1 aliphatic heterocycles. The summed E-state index contributed by atoms with van der Waals surface area (Å²) in [6, 6.07) is 0. The van der Waals surface area contributed by atoms with Crippen molar-refractivity contribution in [2.45, 2.75) is 32.6 Å². The van der Waals surface area contributed by atoms with Crippen molar-refractivity contribution in [2.75, 3.05) is 25.4 Å². The maximum atomic E-state index is 5.83. The maximum absolute atomic E-state index is 5.83. The predicted molar refractivity (Wildman–Crippen MR) is 73.1 cm³/mol. The average molecular weight is 249 g/mol. The molecule has 2 heterocycles. The lowest BCUT2D eigenvalue weighted by Gasteiger charge is -2.32. The second kappa shape index (κ2) is 4.42. The summed E-state index contributed by atoms with van der Waals surface area (Å²) in [5, 5.41) is 0.736. The molecule has 0 atom stereocenters. The van der Waals surface area contributed by atoms with Gasteiger partial charge in [0.05, 0.1) is 10.6 Å². The molecule has 4 heteroatoms. The summed E-state index contributed by atoms with van der Waals surface area (Å²) in [6.45, 7) is 5.85. The van der Waals surface area contributed by atoms with Crippen molar-refractivity contribution in [1.82, 2.24) is 9.88 Å². The van der Waals surface area contributed by atoms with Crippen LogP contribution in [0.25, 0.3) is 5.57 Å². The minimum absolute atomic E-state index is 0.736. The van der Waals surface area contributed by atoms with Crippen LogP contribution in [0.15, 0.2) is 5.57 Å². The largest absolute Gasteiger partial charge is 0.375 e. The van der Waals surface area contributed by atoms with Crippen molar-refractivity contribution in [3.8, 4) is 0 Å². The van der Waals surface area contributed by atoms with Crippen molar-refractivity contribution >= 4 is 22.0 Å². The number of hydrogen-bond acceptors (Lipinski definition) is 4. The Morgan fingerprint density at radius 2 is 2.24 bits per heavy atom. The lowest BCUT2D eigenvalue weighted by atomic mass is 9.89. The van der Waals surface area contributed by atoms with Crippen LogP contribution in [0.1, 0.15) is 36.8 Å². The van der Waals surface area contributed by atoms with E-state index in [-0.39, 0.29) is 0 Å². The first-order valence-electron chi connectivity index (χ1n) is 6.46. The van der Waals surface area contributed by atoms with Crippen molar-refractivity contribution in [3.05, 3.63) is 16.1 Å². The van der Waals surface area contributed by atoms with Gasteiger partial charge < -0.3 is 5.73 Å². The molecule has 2 N–H and O–H groups in total. The summed E-state index contributed by atoms with van der Waals surface area (Å²) in [5.74, 6) is 0. The molecule has 1 aliphatic carbocycles. The van der Waals surface area contributed by atoms with Gasteiger partial charge in [-0.2, -0.15) is 0 Å². The minimum Gasteiger partial charge on any atom is -0.375 e. The number of aromatic nitrogens is 1. The van der Waals surface area contributed by atoms with Crippen LogP contribution in [-0.4, -0.2) is 29.5 Å². The van der Waals surface area contributed by atoms with E-state index in [2.05, 4.69) is 16.8 Å². The number of nitrogens with zero attached hydrogens (tertiary/aromatic N) is 2. The molecule has 0 radical (unpaired) electrons. The fourth-order valence-corrected chi connectivity index (χ4v) is 3.95. The quantitative estimate of drug-likeness (QED) is 0.876. The number of fused-ring (bicyclic) bond motifs is 2. The molecule has 0 aromatic carbocycles. The average Bonchev–Trinajstić information content (AvgIpc) is 2.70. The summed E-state index contributed by atoms with van der Waals surface area (Å²) in [4.78, 5) is 8.41. The van der Waals surface area contributed by atoms with Crippen LogP contribution >= 0.6 is 11.3 Å². The molecule has 0 unspecified atom stereocenters. The van der Waals surface area contributed by atoms with Gasteiger partial charge in [0.1, 0.15) is 0 Å². The smallest absolute Gasteiger partial charge is 0.180 e.